The molecule has 0 radical (unpaired) electrons. The third-order valence-electron chi connectivity index (χ3n) is 2.59. The van der Waals surface area contributed by atoms with E-state index in [4.69, 9.17) is 14.7 Å². The Morgan fingerprint density at radius 2 is 2.05 bits per heavy atom. The van der Waals surface area contributed by atoms with E-state index in [-0.39, 0.29) is 12.4 Å². The van der Waals surface area contributed by atoms with Crippen molar-refractivity contribution < 1.29 is 13.9 Å². The zero-order chi connectivity index (χ0) is 13.7. The van der Waals surface area contributed by atoms with Gasteiger partial charge in [0.15, 0.2) is 0 Å². The topological polar surface area (TPSA) is 42.2 Å². The van der Waals surface area contributed by atoms with Crippen molar-refractivity contribution >= 4 is 0 Å². The van der Waals surface area contributed by atoms with Crippen LogP contribution in [0.4, 0.5) is 4.39 Å². The van der Waals surface area contributed by atoms with Crippen LogP contribution in [0.5, 0.6) is 11.5 Å². The van der Waals surface area contributed by atoms with E-state index < -0.39 is 0 Å². The van der Waals surface area contributed by atoms with Gasteiger partial charge in [-0.05, 0) is 29.8 Å². The molecule has 0 amide bonds. The lowest BCUT2D eigenvalue weighted by molar-refractivity contribution is 0.303. The molecule has 0 saturated carbocycles. The van der Waals surface area contributed by atoms with E-state index in [1.807, 2.05) is 6.07 Å². The van der Waals surface area contributed by atoms with E-state index in [1.54, 1.807) is 30.3 Å². The molecule has 2 aromatic carbocycles. The highest BCUT2D eigenvalue weighted by atomic mass is 19.1. The molecule has 0 aromatic heterocycles. The second kappa shape index (κ2) is 5.87. The third-order valence-corrected chi connectivity index (χ3v) is 2.59. The Kier molecular flexibility index (Phi) is 3.99. The van der Waals surface area contributed by atoms with Crippen LogP contribution in [0.2, 0.25) is 0 Å². The van der Waals surface area contributed by atoms with Gasteiger partial charge in [-0.3, -0.25) is 0 Å². The molecule has 2 aromatic rings. The Labute approximate surface area is 110 Å². The summed E-state index contributed by atoms with van der Waals surface area (Å²) >= 11 is 0. The number of halogens is 1. The van der Waals surface area contributed by atoms with E-state index in [0.29, 0.717) is 17.1 Å². The highest BCUT2D eigenvalue weighted by Crippen LogP contribution is 2.21. The number of benzene rings is 2. The molecule has 0 aliphatic rings. The largest absolute Gasteiger partial charge is 0.495 e. The zero-order valence-electron chi connectivity index (χ0n) is 10.4. The number of nitrogens with zero attached hydrogens (tertiary/aromatic N) is 1. The first-order chi connectivity index (χ1) is 9.22. The molecule has 3 nitrogen and oxygen atoms in total. The summed E-state index contributed by atoms with van der Waals surface area (Å²) in [5.74, 6) is 0.626. The van der Waals surface area contributed by atoms with Crippen molar-refractivity contribution in [1.82, 2.24) is 0 Å². The van der Waals surface area contributed by atoms with Crippen molar-refractivity contribution in [3.05, 3.63) is 59.4 Å². The van der Waals surface area contributed by atoms with Crippen LogP contribution in [-0.4, -0.2) is 7.11 Å². The van der Waals surface area contributed by atoms with Crippen LogP contribution < -0.4 is 9.47 Å². The molecule has 0 aliphatic heterocycles. The smallest absolute Gasteiger partial charge is 0.137 e. The lowest BCUT2D eigenvalue weighted by Gasteiger charge is -2.08. The molecule has 19 heavy (non-hydrogen) atoms. The lowest BCUT2D eigenvalue weighted by atomic mass is 10.1. The molecule has 0 unspecified atom stereocenters. The summed E-state index contributed by atoms with van der Waals surface area (Å²) in [4.78, 5) is 0. The van der Waals surface area contributed by atoms with Crippen LogP contribution >= 0.6 is 0 Å². The first kappa shape index (κ1) is 12.9. The molecule has 0 N–H and O–H groups in total. The quantitative estimate of drug-likeness (QED) is 0.844. The van der Waals surface area contributed by atoms with Gasteiger partial charge in [0.25, 0.3) is 0 Å². The van der Waals surface area contributed by atoms with Gasteiger partial charge >= 0.3 is 0 Å². The van der Waals surface area contributed by atoms with E-state index in [9.17, 15) is 4.39 Å². The molecular weight excluding hydrogens is 245 g/mol. The van der Waals surface area contributed by atoms with Gasteiger partial charge in [0, 0.05) is 6.07 Å². The molecule has 2 rings (SSSR count). The summed E-state index contributed by atoms with van der Waals surface area (Å²) in [6.45, 7) is 0.283. The lowest BCUT2D eigenvalue weighted by Crippen LogP contribution is -1.97. The van der Waals surface area contributed by atoms with Crippen LogP contribution in [0.25, 0.3) is 0 Å². The fourth-order valence-electron chi connectivity index (χ4n) is 1.64. The summed E-state index contributed by atoms with van der Waals surface area (Å²) in [7, 11) is 1.51. The summed E-state index contributed by atoms with van der Waals surface area (Å²) in [5.41, 5.74) is 1.32. The number of nitriles is 1. The van der Waals surface area contributed by atoms with Crippen LogP contribution in [0, 0.1) is 17.1 Å². The van der Waals surface area contributed by atoms with Crippen molar-refractivity contribution in [2.45, 2.75) is 6.61 Å². The van der Waals surface area contributed by atoms with Crippen LogP contribution in [-0.2, 0) is 6.61 Å². The van der Waals surface area contributed by atoms with Gasteiger partial charge in [-0.2, -0.15) is 5.26 Å². The Morgan fingerprint density at radius 3 is 2.74 bits per heavy atom. The van der Waals surface area contributed by atoms with Gasteiger partial charge in [-0.25, -0.2) is 4.39 Å². The minimum atomic E-state index is -0.338. The van der Waals surface area contributed by atoms with Crippen LogP contribution in [0.1, 0.15) is 11.1 Å². The van der Waals surface area contributed by atoms with Gasteiger partial charge in [0.05, 0.1) is 12.7 Å². The standard InChI is InChI=1S/C15H12FNO2/c1-18-15-7-11(5-6-12(15)9-17)10-19-14-4-2-3-13(16)8-14/h2-8H,10H2,1H3. The molecular formula is C15H12FNO2. The van der Waals surface area contributed by atoms with Crippen molar-refractivity contribution in [2.75, 3.05) is 7.11 Å². The second-order valence-corrected chi connectivity index (χ2v) is 3.89. The van der Waals surface area contributed by atoms with Gasteiger partial charge in [-0.15, -0.1) is 0 Å². The molecule has 0 fully saturated rings. The molecule has 96 valence electrons. The predicted octanol–water partition coefficient (Wildman–Crippen LogP) is 3.28. The molecule has 0 aliphatic carbocycles. The maximum atomic E-state index is 13.0. The van der Waals surface area contributed by atoms with E-state index in [2.05, 4.69) is 0 Å². The van der Waals surface area contributed by atoms with Gasteiger partial charge in [0.2, 0.25) is 0 Å². The van der Waals surface area contributed by atoms with Crippen LogP contribution in [0.15, 0.2) is 42.5 Å². The average molecular weight is 257 g/mol. The summed E-state index contributed by atoms with van der Waals surface area (Å²) in [6.07, 6.45) is 0. The Balaban J connectivity index is 2.10. The van der Waals surface area contributed by atoms with E-state index in [1.165, 1.54) is 19.2 Å². The molecule has 0 bridgehead atoms. The average Bonchev–Trinajstić information content (AvgIpc) is 2.45. The highest BCUT2D eigenvalue weighted by Gasteiger charge is 2.04. The second-order valence-electron chi connectivity index (χ2n) is 3.89. The number of hydrogen-bond donors (Lipinski definition) is 0. The van der Waals surface area contributed by atoms with Gasteiger partial charge in [-0.1, -0.05) is 12.1 Å². The Hall–Kier alpha value is -2.54. The number of ether oxygens (including phenoxy) is 2. The maximum Gasteiger partial charge on any atom is 0.137 e. The number of hydrogen-bond acceptors (Lipinski definition) is 3. The first-order valence-electron chi connectivity index (χ1n) is 5.68. The first-order valence-corrected chi connectivity index (χ1v) is 5.68. The van der Waals surface area contributed by atoms with Crippen molar-refractivity contribution in [1.29, 1.82) is 5.26 Å². The third kappa shape index (κ3) is 3.23. The zero-order valence-corrected chi connectivity index (χ0v) is 10.4. The van der Waals surface area contributed by atoms with Crippen molar-refractivity contribution in [3.63, 3.8) is 0 Å². The fraction of sp³-hybridized carbons (Fsp3) is 0.133. The number of rotatable bonds is 4. The number of methoxy groups -OCH3 is 1. The van der Waals surface area contributed by atoms with Crippen LogP contribution in [0.3, 0.4) is 0 Å². The molecule has 0 atom stereocenters. The van der Waals surface area contributed by atoms with E-state index in [0.717, 1.165) is 5.56 Å². The normalized spacial score (nSPS) is 9.74. The summed E-state index contributed by atoms with van der Waals surface area (Å²) in [6, 6.07) is 13.2. The SMILES string of the molecule is COc1cc(COc2cccc(F)c2)ccc1C#N. The minimum Gasteiger partial charge on any atom is -0.495 e. The fourth-order valence-corrected chi connectivity index (χ4v) is 1.64. The molecule has 4 heteroatoms. The highest BCUT2D eigenvalue weighted by molar-refractivity contribution is 5.45. The predicted molar refractivity (Wildman–Crippen MR) is 68.4 cm³/mol. The Morgan fingerprint density at radius 1 is 1.21 bits per heavy atom. The van der Waals surface area contributed by atoms with E-state index >= 15 is 0 Å². The molecule has 0 heterocycles. The van der Waals surface area contributed by atoms with Crippen molar-refractivity contribution in [2.24, 2.45) is 0 Å². The minimum absolute atomic E-state index is 0.283. The van der Waals surface area contributed by atoms with Crippen molar-refractivity contribution in [3.8, 4) is 17.6 Å². The molecule has 0 saturated heterocycles. The monoisotopic (exact) mass is 257 g/mol. The maximum absolute atomic E-state index is 13.0. The molecule has 0 spiro atoms. The Bertz CT molecular complexity index is 620. The van der Waals surface area contributed by atoms with Gasteiger partial charge < -0.3 is 9.47 Å². The summed E-state index contributed by atoms with van der Waals surface area (Å²) < 4.78 is 23.6. The summed E-state index contributed by atoms with van der Waals surface area (Å²) in [5, 5.41) is 8.88. The van der Waals surface area contributed by atoms with Gasteiger partial charge in [0.1, 0.15) is 30.0 Å².